The van der Waals surface area contributed by atoms with E-state index in [1.807, 2.05) is 26.0 Å². The number of phenols is 2. The van der Waals surface area contributed by atoms with Gasteiger partial charge in [0, 0.05) is 11.6 Å². The summed E-state index contributed by atoms with van der Waals surface area (Å²) < 4.78 is 10.6. The van der Waals surface area contributed by atoms with Crippen LogP contribution in [-0.2, 0) is 6.42 Å². The summed E-state index contributed by atoms with van der Waals surface area (Å²) in [6.45, 7) is 4.09. The zero-order valence-corrected chi connectivity index (χ0v) is 15.0. The van der Waals surface area contributed by atoms with Gasteiger partial charge in [-0.3, -0.25) is 0 Å². The fraction of sp³-hybridized carbons (Fsp3) is 0.238. The molecule has 0 amide bonds. The molecule has 0 aliphatic carbocycles. The SMILES string of the molecule is COc1cc(C=Cc2cc(O)cc(OC)c2CC=C(C)C)ccc1O. The molecule has 132 valence electrons. The maximum atomic E-state index is 9.96. The van der Waals surface area contributed by atoms with E-state index >= 15 is 0 Å². The molecular formula is C21H24O4. The number of allylic oxidation sites excluding steroid dienone is 2. The summed E-state index contributed by atoms with van der Waals surface area (Å²) in [5, 5.41) is 19.6. The summed E-state index contributed by atoms with van der Waals surface area (Å²) in [6, 6.07) is 8.47. The molecule has 2 aromatic carbocycles. The van der Waals surface area contributed by atoms with E-state index in [9.17, 15) is 10.2 Å². The van der Waals surface area contributed by atoms with Crippen molar-refractivity contribution in [1.82, 2.24) is 0 Å². The summed E-state index contributed by atoms with van der Waals surface area (Å²) in [4.78, 5) is 0. The van der Waals surface area contributed by atoms with Gasteiger partial charge in [0.1, 0.15) is 11.5 Å². The first-order valence-electron chi connectivity index (χ1n) is 8.03. The number of rotatable bonds is 6. The summed E-state index contributed by atoms with van der Waals surface area (Å²) in [6.07, 6.45) is 6.66. The van der Waals surface area contributed by atoms with Gasteiger partial charge < -0.3 is 19.7 Å². The molecule has 0 radical (unpaired) electrons. The molecule has 0 aliphatic heterocycles. The second-order valence-electron chi connectivity index (χ2n) is 5.97. The lowest BCUT2D eigenvalue weighted by Crippen LogP contribution is -1.95. The predicted molar refractivity (Wildman–Crippen MR) is 101 cm³/mol. The van der Waals surface area contributed by atoms with Crippen molar-refractivity contribution in [2.75, 3.05) is 14.2 Å². The molecule has 0 aliphatic rings. The first-order chi connectivity index (χ1) is 11.9. The highest BCUT2D eigenvalue weighted by molar-refractivity contribution is 5.74. The van der Waals surface area contributed by atoms with E-state index in [0.29, 0.717) is 17.9 Å². The van der Waals surface area contributed by atoms with Crippen molar-refractivity contribution in [2.45, 2.75) is 20.3 Å². The average molecular weight is 340 g/mol. The lowest BCUT2D eigenvalue weighted by molar-refractivity contribution is 0.373. The lowest BCUT2D eigenvalue weighted by atomic mass is 10.00. The van der Waals surface area contributed by atoms with Crippen molar-refractivity contribution in [2.24, 2.45) is 0 Å². The third-order valence-corrected chi connectivity index (χ3v) is 3.82. The molecule has 0 fully saturated rings. The van der Waals surface area contributed by atoms with Crippen LogP contribution in [0.4, 0.5) is 0 Å². The highest BCUT2D eigenvalue weighted by Crippen LogP contribution is 2.31. The summed E-state index contributed by atoms with van der Waals surface area (Å²) in [5.74, 6) is 1.32. The first kappa shape index (κ1) is 18.5. The van der Waals surface area contributed by atoms with Crippen molar-refractivity contribution >= 4 is 12.2 Å². The lowest BCUT2D eigenvalue weighted by Gasteiger charge is -2.12. The van der Waals surface area contributed by atoms with E-state index in [0.717, 1.165) is 16.7 Å². The smallest absolute Gasteiger partial charge is 0.161 e. The van der Waals surface area contributed by atoms with Gasteiger partial charge in [-0.25, -0.2) is 0 Å². The molecule has 2 N–H and O–H groups in total. The zero-order valence-electron chi connectivity index (χ0n) is 15.0. The normalized spacial score (nSPS) is 10.7. The third kappa shape index (κ3) is 4.80. The monoisotopic (exact) mass is 340 g/mol. The van der Waals surface area contributed by atoms with Gasteiger partial charge in [0.05, 0.1) is 14.2 Å². The molecule has 0 bridgehead atoms. The summed E-state index contributed by atoms with van der Waals surface area (Å²) >= 11 is 0. The van der Waals surface area contributed by atoms with Crippen molar-refractivity contribution in [3.8, 4) is 23.0 Å². The minimum absolute atomic E-state index is 0.0999. The van der Waals surface area contributed by atoms with Gasteiger partial charge in [-0.05, 0) is 49.6 Å². The fourth-order valence-corrected chi connectivity index (χ4v) is 2.49. The Morgan fingerprint density at radius 1 is 0.960 bits per heavy atom. The Kier molecular flexibility index (Phi) is 6.12. The van der Waals surface area contributed by atoms with E-state index < -0.39 is 0 Å². The highest BCUT2D eigenvalue weighted by Gasteiger charge is 2.09. The van der Waals surface area contributed by atoms with Gasteiger partial charge in [-0.1, -0.05) is 29.9 Å². The van der Waals surface area contributed by atoms with E-state index in [2.05, 4.69) is 6.08 Å². The average Bonchev–Trinajstić information content (AvgIpc) is 2.59. The zero-order chi connectivity index (χ0) is 18.4. The summed E-state index contributed by atoms with van der Waals surface area (Å²) in [5.41, 5.74) is 3.98. The quantitative estimate of drug-likeness (QED) is 0.586. The topological polar surface area (TPSA) is 58.9 Å². The molecule has 2 rings (SSSR count). The van der Waals surface area contributed by atoms with Gasteiger partial charge in [0.2, 0.25) is 0 Å². The molecule has 25 heavy (non-hydrogen) atoms. The molecule has 0 unspecified atom stereocenters. The van der Waals surface area contributed by atoms with Crippen molar-refractivity contribution in [1.29, 1.82) is 0 Å². The first-order valence-corrected chi connectivity index (χ1v) is 8.03. The Balaban J connectivity index is 2.43. The molecule has 0 saturated heterocycles. The van der Waals surface area contributed by atoms with Gasteiger partial charge in [0.15, 0.2) is 11.5 Å². The molecule has 0 saturated carbocycles. The van der Waals surface area contributed by atoms with Crippen LogP contribution in [0, 0.1) is 0 Å². The fourth-order valence-electron chi connectivity index (χ4n) is 2.49. The number of hydrogen-bond donors (Lipinski definition) is 2. The minimum atomic E-state index is 0.0999. The van der Waals surface area contributed by atoms with E-state index in [1.54, 1.807) is 37.4 Å². The van der Waals surface area contributed by atoms with Crippen LogP contribution in [-0.4, -0.2) is 24.4 Å². The Bertz CT molecular complexity index is 800. The standard InChI is InChI=1S/C21H24O4/c1-14(2)5-9-18-16(12-17(22)13-20(18)24-3)8-6-15-7-10-19(23)21(11-15)25-4/h5-8,10-13,22-23H,9H2,1-4H3. The molecule has 4 heteroatoms. The highest BCUT2D eigenvalue weighted by atomic mass is 16.5. The van der Waals surface area contributed by atoms with Crippen LogP contribution in [0.5, 0.6) is 23.0 Å². The number of hydrogen-bond acceptors (Lipinski definition) is 4. The molecular weight excluding hydrogens is 316 g/mol. The third-order valence-electron chi connectivity index (χ3n) is 3.82. The van der Waals surface area contributed by atoms with Crippen LogP contribution in [0.3, 0.4) is 0 Å². The van der Waals surface area contributed by atoms with Gasteiger partial charge in [-0.15, -0.1) is 0 Å². The van der Waals surface area contributed by atoms with Crippen LogP contribution in [0.15, 0.2) is 42.0 Å². The van der Waals surface area contributed by atoms with Gasteiger partial charge >= 0.3 is 0 Å². The number of ether oxygens (including phenoxy) is 2. The number of aromatic hydroxyl groups is 2. The van der Waals surface area contributed by atoms with Gasteiger partial charge in [-0.2, -0.15) is 0 Å². The molecule has 4 nitrogen and oxygen atoms in total. The molecule has 2 aromatic rings. The van der Waals surface area contributed by atoms with Crippen LogP contribution in [0.2, 0.25) is 0 Å². The number of methoxy groups -OCH3 is 2. The minimum Gasteiger partial charge on any atom is -0.508 e. The predicted octanol–water partition coefficient (Wildman–Crippen LogP) is 4.79. The van der Waals surface area contributed by atoms with Crippen molar-refractivity contribution in [3.63, 3.8) is 0 Å². The Morgan fingerprint density at radius 3 is 2.32 bits per heavy atom. The Hall–Kier alpha value is -2.88. The second-order valence-corrected chi connectivity index (χ2v) is 5.97. The van der Waals surface area contributed by atoms with Crippen molar-refractivity contribution in [3.05, 3.63) is 58.7 Å². The Labute approximate surface area is 148 Å². The largest absolute Gasteiger partial charge is 0.508 e. The van der Waals surface area contributed by atoms with Gasteiger partial charge in [0.25, 0.3) is 0 Å². The van der Waals surface area contributed by atoms with E-state index in [1.165, 1.54) is 12.7 Å². The Morgan fingerprint density at radius 2 is 1.68 bits per heavy atom. The molecule has 0 spiro atoms. The molecule has 0 heterocycles. The van der Waals surface area contributed by atoms with Crippen LogP contribution < -0.4 is 9.47 Å². The van der Waals surface area contributed by atoms with Crippen LogP contribution in [0.25, 0.3) is 12.2 Å². The second kappa shape index (κ2) is 8.29. The maximum Gasteiger partial charge on any atom is 0.161 e. The van der Waals surface area contributed by atoms with Crippen LogP contribution >= 0.6 is 0 Å². The summed E-state index contributed by atoms with van der Waals surface area (Å²) in [7, 11) is 3.11. The molecule has 0 aromatic heterocycles. The van der Waals surface area contributed by atoms with Crippen LogP contribution in [0.1, 0.15) is 30.5 Å². The van der Waals surface area contributed by atoms with E-state index in [4.69, 9.17) is 9.47 Å². The van der Waals surface area contributed by atoms with E-state index in [-0.39, 0.29) is 11.5 Å². The number of benzene rings is 2. The number of phenolic OH excluding ortho intramolecular Hbond substituents is 2. The molecule has 0 atom stereocenters. The maximum absolute atomic E-state index is 9.96. The van der Waals surface area contributed by atoms with Crippen molar-refractivity contribution < 1.29 is 19.7 Å².